The van der Waals surface area contributed by atoms with E-state index >= 15 is 0 Å². The van der Waals surface area contributed by atoms with Crippen molar-refractivity contribution >= 4 is 23.8 Å². The Morgan fingerprint density at radius 2 is 1.87 bits per heavy atom. The van der Waals surface area contributed by atoms with Crippen LogP contribution in [-0.4, -0.2) is 28.2 Å². The highest BCUT2D eigenvalue weighted by Crippen LogP contribution is 2.16. The van der Waals surface area contributed by atoms with Gasteiger partial charge < -0.3 is 19.9 Å². The summed E-state index contributed by atoms with van der Waals surface area (Å²) in [6, 6.07) is 14.6. The lowest BCUT2D eigenvalue weighted by Gasteiger charge is -2.16. The first-order valence-electron chi connectivity index (χ1n) is 9.66. The van der Waals surface area contributed by atoms with Crippen molar-refractivity contribution in [2.24, 2.45) is 0 Å². The van der Waals surface area contributed by atoms with Gasteiger partial charge in [-0.1, -0.05) is 24.3 Å². The maximum atomic E-state index is 12.3. The van der Waals surface area contributed by atoms with Crippen molar-refractivity contribution in [1.29, 1.82) is 0 Å². The number of esters is 1. The lowest BCUT2D eigenvalue weighted by molar-refractivity contribution is -0.137. The molecule has 0 saturated carbocycles. The Morgan fingerprint density at radius 3 is 2.50 bits per heavy atom. The van der Waals surface area contributed by atoms with E-state index in [1.165, 1.54) is 6.08 Å². The maximum Gasteiger partial charge on any atom is 0.330 e. The summed E-state index contributed by atoms with van der Waals surface area (Å²) in [5.41, 5.74) is 3.49. The third-order valence-electron chi connectivity index (χ3n) is 4.41. The molecule has 7 nitrogen and oxygen atoms in total. The van der Waals surface area contributed by atoms with Crippen LogP contribution >= 0.6 is 0 Å². The summed E-state index contributed by atoms with van der Waals surface area (Å²) in [6.07, 6.45) is 8.38. The molecule has 0 radical (unpaired) electrons. The van der Waals surface area contributed by atoms with Gasteiger partial charge in [-0.2, -0.15) is 0 Å². The number of rotatable bonds is 7. The van der Waals surface area contributed by atoms with Crippen LogP contribution in [0.4, 0.5) is 10.5 Å². The van der Waals surface area contributed by atoms with E-state index in [0.29, 0.717) is 12.3 Å². The van der Waals surface area contributed by atoms with E-state index in [1.807, 2.05) is 54.1 Å². The number of aromatic nitrogens is 2. The van der Waals surface area contributed by atoms with Crippen LogP contribution in [0.3, 0.4) is 0 Å². The van der Waals surface area contributed by atoms with Crippen LogP contribution in [-0.2, 0) is 9.53 Å². The fourth-order valence-corrected chi connectivity index (χ4v) is 2.83. The Balaban J connectivity index is 1.53. The standard InChI is InChI=1S/C23H24N4O3/c1-3-30-22(28)13-6-18-4-9-20(10-5-18)26-23(29)25-17(2)19-7-11-21(12-8-19)27-15-14-24-16-27/h4-17H,3H2,1-2H3,(H2,25,26,29)/b13-6+. The van der Waals surface area contributed by atoms with Crippen molar-refractivity contribution in [3.05, 3.63) is 84.5 Å². The molecular weight excluding hydrogens is 380 g/mol. The zero-order valence-electron chi connectivity index (χ0n) is 16.9. The predicted octanol–water partition coefficient (Wildman–Crippen LogP) is 4.33. The average molecular weight is 404 g/mol. The van der Waals surface area contributed by atoms with Crippen LogP contribution in [0.25, 0.3) is 11.8 Å². The summed E-state index contributed by atoms with van der Waals surface area (Å²) in [5, 5.41) is 5.73. The van der Waals surface area contributed by atoms with Crippen molar-refractivity contribution in [1.82, 2.24) is 14.9 Å². The molecule has 0 fully saturated rings. The van der Waals surface area contributed by atoms with E-state index in [2.05, 4.69) is 15.6 Å². The molecule has 7 heteroatoms. The van der Waals surface area contributed by atoms with Gasteiger partial charge in [-0.05, 0) is 55.3 Å². The first-order chi connectivity index (χ1) is 14.5. The summed E-state index contributed by atoms with van der Waals surface area (Å²) < 4.78 is 6.76. The molecule has 154 valence electrons. The van der Waals surface area contributed by atoms with E-state index in [1.54, 1.807) is 37.7 Å². The molecule has 1 aromatic heterocycles. The third kappa shape index (κ3) is 5.81. The third-order valence-corrected chi connectivity index (χ3v) is 4.41. The number of anilines is 1. The summed E-state index contributed by atoms with van der Waals surface area (Å²) >= 11 is 0. The Kier molecular flexibility index (Phi) is 7.00. The number of carbonyl (C=O) groups is 2. The number of hydrogen-bond acceptors (Lipinski definition) is 4. The van der Waals surface area contributed by atoms with Crippen molar-refractivity contribution in [3.63, 3.8) is 0 Å². The zero-order chi connectivity index (χ0) is 21.3. The van der Waals surface area contributed by atoms with Gasteiger partial charge in [0.25, 0.3) is 0 Å². The molecule has 3 rings (SSSR count). The Labute approximate surface area is 175 Å². The fraction of sp³-hybridized carbons (Fsp3) is 0.174. The van der Waals surface area contributed by atoms with Gasteiger partial charge in [0.2, 0.25) is 0 Å². The number of ether oxygens (including phenoxy) is 1. The van der Waals surface area contributed by atoms with E-state index < -0.39 is 0 Å². The van der Waals surface area contributed by atoms with Gasteiger partial charge in [0, 0.05) is 29.8 Å². The smallest absolute Gasteiger partial charge is 0.330 e. The Morgan fingerprint density at radius 1 is 1.13 bits per heavy atom. The van der Waals surface area contributed by atoms with Crippen molar-refractivity contribution in [2.75, 3.05) is 11.9 Å². The minimum atomic E-state index is -0.383. The van der Waals surface area contributed by atoms with Gasteiger partial charge >= 0.3 is 12.0 Å². The molecule has 0 bridgehead atoms. The van der Waals surface area contributed by atoms with Gasteiger partial charge in [0.1, 0.15) is 0 Å². The zero-order valence-corrected chi connectivity index (χ0v) is 16.9. The Hall–Kier alpha value is -3.87. The van der Waals surface area contributed by atoms with E-state index in [-0.39, 0.29) is 18.0 Å². The summed E-state index contributed by atoms with van der Waals surface area (Å²) in [7, 11) is 0. The largest absolute Gasteiger partial charge is 0.463 e. The second kappa shape index (κ2) is 10.1. The second-order valence-electron chi connectivity index (χ2n) is 6.59. The highest BCUT2D eigenvalue weighted by Gasteiger charge is 2.10. The van der Waals surface area contributed by atoms with Gasteiger partial charge in [0.05, 0.1) is 19.0 Å². The number of nitrogens with zero attached hydrogens (tertiary/aromatic N) is 2. The Bertz CT molecular complexity index is 994. The van der Waals surface area contributed by atoms with Gasteiger partial charge in [0.15, 0.2) is 0 Å². The van der Waals surface area contributed by atoms with Crippen LogP contribution in [0.5, 0.6) is 0 Å². The molecule has 0 aliphatic heterocycles. The van der Waals surface area contributed by atoms with E-state index in [0.717, 1.165) is 16.8 Å². The van der Waals surface area contributed by atoms with Crippen molar-refractivity contribution < 1.29 is 14.3 Å². The molecule has 2 N–H and O–H groups in total. The molecule has 1 heterocycles. The van der Waals surface area contributed by atoms with Crippen LogP contribution in [0, 0.1) is 0 Å². The van der Waals surface area contributed by atoms with E-state index in [9.17, 15) is 9.59 Å². The van der Waals surface area contributed by atoms with Crippen LogP contribution in [0.2, 0.25) is 0 Å². The quantitative estimate of drug-likeness (QED) is 0.453. The number of imidazole rings is 1. The molecular formula is C23H24N4O3. The maximum absolute atomic E-state index is 12.3. The lowest BCUT2D eigenvalue weighted by Crippen LogP contribution is -2.31. The number of hydrogen-bond donors (Lipinski definition) is 2. The molecule has 1 unspecified atom stereocenters. The number of amides is 2. The number of urea groups is 1. The molecule has 30 heavy (non-hydrogen) atoms. The molecule has 0 aliphatic carbocycles. The molecule has 1 atom stereocenters. The minimum absolute atomic E-state index is 0.159. The summed E-state index contributed by atoms with van der Waals surface area (Å²) in [4.78, 5) is 27.7. The normalized spacial score (nSPS) is 11.8. The number of benzene rings is 2. The summed E-state index contributed by atoms with van der Waals surface area (Å²) in [5.74, 6) is -0.383. The van der Waals surface area contributed by atoms with Gasteiger partial charge in [-0.25, -0.2) is 14.6 Å². The van der Waals surface area contributed by atoms with Gasteiger partial charge in [-0.3, -0.25) is 0 Å². The summed E-state index contributed by atoms with van der Waals surface area (Å²) in [6.45, 7) is 4.03. The second-order valence-corrected chi connectivity index (χ2v) is 6.59. The molecule has 2 aromatic carbocycles. The SMILES string of the molecule is CCOC(=O)/C=C/c1ccc(NC(=O)NC(C)c2ccc(-n3ccnc3)cc2)cc1. The topological polar surface area (TPSA) is 85.2 Å². The number of carbonyl (C=O) groups excluding carboxylic acids is 2. The molecule has 0 aliphatic rings. The molecule has 2 amide bonds. The predicted molar refractivity (Wildman–Crippen MR) is 116 cm³/mol. The van der Waals surface area contributed by atoms with Crippen LogP contribution in [0.1, 0.15) is 31.0 Å². The monoisotopic (exact) mass is 404 g/mol. The fourth-order valence-electron chi connectivity index (χ4n) is 2.83. The number of nitrogens with one attached hydrogen (secondary N) is 2. The highest BCUT2D eigenvalue weighted by molar-refractivity contribution is 5.90. The lowest BCUT2D eigenvalue weighted by atomic mass is 10.1. The minimum Gasteiger partial charge on any atom is -0.463 e. The van der Waals surface area contributed by atoms with Crippen LogP contribution in [0.15, 0.2) is 73.3 Å². The van der Waals surface area contributed by atoms with Crippen molar-refractivity contribution in [2.45, 2.75) is 19.9 Å². The van der Waals surface area contributed by atoms with Crippen molar-refractivity contribution in [3.8, 4) is 5.69 Å². The molecule has 0 saturated heterocycles. The average Bonchev–Trinajstić information content (AvgIpc) is 3.28. The van der Waals surface area contributed by atoms with Crippen LogP contribution < -0.4 is 10.6 Å². The first kappa shape index (κ1) is 20.9. The van der Waals surface area contributed by atoms with Gasteiger partial charge in [-0.15, -0.1) is 0 Å². The molecule has 0 spiro atoms. The molecule has 3 aromatic rings. The van der Waals surface area contributed by atoms with E-state index in [4.69, 9.17) is 4.74 Å². The first-order valence-corrected chi connectivity index (χ1v) is 9.66. The highest BCUT2D eigenvalue weighted by atomic mass is 16.5.